The largest absolute Gasteiger partial charge is 0.497 e. The van der Waals surface area contributed by atoms with Crippen molar-refractivity contribution in [2.45, 2.75) is 12.8 Å². The van der Waals surface area contributed by atoms with Gasteiger partial charge in [0.1, 0.15) is 12.3 Å². The SMILES string of the molecule is COc1ccc(C2=NN(CC(=O)N3CCN(c4ccccc4)CC3)C(=O)CC2)cc1. The number of para-hydroxylation sites is 1. The molecule has 1 fully saturated rings. The number of benzene rings is 2. The van der Waals surface area contributed by atoms with Crippen LogP contribution in [0.1, 0.15) is 18.4 Å². The Balaban J connectivity index is 1.37. The number of hydrazone groups is 1. The minimum Gasteiger partial charge on any atom is -0.497 e. The molecular weight excluding hydrogens is 380 g/mol. The second-order valence-electron chi connectivity index (χ2n) is 7.43. The van der Waals surface area contributed by atoms with Crippen LogP contribution >= 0.6 is 0 Å². The molecule has 0 unspecified atom stereocenters. The molecule has 2 aromatic rings. The summed E-state index contributed by atoms with van der Waals surface area (Å²) >= 11 is 0. The van der Waals surface area contributed by atoms with Crippen LogP contribution < -0.4 is 9.64 Å². The molecule has 2 heterocycles. The van der Waals surface area contributed by atoms with Gasteiger partial charge in [0.2, 0.25) is 11.8 Å². The molecule has 2 aromatic carbocycles. The van der Waals surface area contributed by atoms with Crippen molar-refractivity contribution in [2.75, 3.05) is 44.7 Å². The van der Waals surface area contributed by atoms with Crippen LogP contribution in [0.3, 0.4) is 0 Å². The van der Waals surface area contributed by atoms with Crippen LogP contribution in [0.4, 0.5) is 5.69 Å². The zero-order valence-electron chi connectivity index (χ0n) is 17.2. The van der Waals surface area contributed by atoms with E-state index in [2.05, 4.69) is 22.1 Å². The average molecular weight is 406 g/mol. The number of carbonyl (C=O) groups excluding carboxylic acids is 2. The van der Waals surface area contributed by atoms with E-state index < -0.39 is 0 Å². The fraction of sp³-hybridized carbons (Fsp3) is 0.348. The van der Waals surface area contributed by atoms with Crippen molar-refractivity contribution >= 4 is 23.2 Å². The Labute approximate surface area is 176 Å². The van der Waals surface area contributed by atoms with E-state index in [1.807, 2.05) is 47.4 Å². The fourth-order valence-corrected chi connectivity index (χ4v) is 3.80. The lowest BCUT2D eigenvalue weighted by Gasteiger charge is -2.36. The van der Waals surface area contributed by atoms with Gasteiger partial charge in [-0.3, -0.25) is 9.59 Å². The summed E-state index contributed by atoms with van der Waals surface area (Å²) in [5.74, 6) is 0.604. The van der Waals surface area contributed by atoms with Crippen LogP contribution in [0.15, 0.2) is 59.7 Å². The molecule has 2 aliphatic rings. The number of anilines is 1. The van der Waals surface area contributed by atoms with Gasteiger partial charge in [0, 0.05) is 44.7 Å². The van der Waals surface area contributed by atoms with Crippen LogP contribution in [0.5, 0.6) is 5.75 Å². The highest BCUT2D eigenvalue weighted by Crippen LogP contribution is 2.19. The number of rotatable bonds is 5. The first-order valence-corrected chi connectivity index (χ1v) is 10.2. The highest BCUT2D eigenvalue weighted by molar-refractivity contribution is 6.04. The highest BCUT2D eigenvalue weighted by Gasteiger charge is 2.27. The summed E-state index contributed by atoms with van der Waals surface area (Å²) in [4.78, 5) is 29.3. The maximum Gasteiger partial charge on any atom is 0.244 e. The number of nitrogens with zero attached hydrogens (tertiary/aromatic N) is 4. The van der Waals surface area contributed by atoms with Crippen LogP contribution in [-0.2, 0) is 9.59 Å². The van der Waals surface area contributed by atoms with Crippen LogP contribution in [-0.4, -0.2) is 67.3 Å². The number of piperazine rings is 1. The summed E-state index contributed by atoms with van der Waals surface area (Å²) in [6.45, 7) is 2.84. The Morgan fingerprint density at radius 3 is 2.33 bits per heavy atom. The van der Waals surface area contributed by atoms with Gasteiger partial charge in [-0.2, -0.15) is 5.10 Å². The third-order valence-electron chi connectivity index (χ3n) is 5.57. The quantitative estimate of drug-likeness (QED) is 0.765. The third kappa shape index (κ3) is 4.45. The normalized spacial score (nSPS) is 17.0. The summed E-state index contributed by atoms with van der Waals surface area (Å²) in [5.41, 5.74) is 2.93. The Morgan fingerprint density at radius 2 is 1.67 bits per heavy atom. The van der Waals surface area contributed by atoms with Crippen molar-refractivity contribution in [3.8, 4) is 5.75 Å². The van der Waals surface area contributed by atoms with Gasteiger partial charge in [0.25, 0.3) is 0 Å². The molecule has 0 bridgehead atoms. The molecule has 7 nitrogen and oxygen atoms in total. The summed E-state index contributed by atoms with van der Waals surface area (Å²) in [6, 6.07) is 17.8. The summed E-state index contributed by atoms with van der Waals surface area (Å²) in [7, 11) is 1.62. The molecule has 1 saturated heterocycles. The second kappa shape index (κ2) is 8.98. The average Bonchev–Trinajstić information content (AvgIpc) is 2.81. The van der Waals surface area contributed by atoms with E-state index in [1.54, 1.807) is 7.11 Å². The maximum atomic E-state index is 12.8. The summed E-state index contributed by atoms with van der Waals surface area (Å²) in [5, 5.41) is 5.82. The van der Waals surface area contributed by atoms with Gasteiger partial charge in [-0.25, -0.2) is 5.01 Å². The molecule has 0 spiro atoms. The molecule has 0 atom stereocenters. The van der Waals surface area contributed by atoms with Crippen molar-refractivity contribution in [2.24, 2.45) is 5.10 Å². The predicted octanol–water partition coefficient (Wildman–Crippen LogP) is 2.37. The zero-order valence-corrected chi connectivity index (χ0v) is 17.2. The first-order chi connectivity index (χ1) is 14.6. The number of ether oxygens (including phenoxy) is 1. The lowest BCUT2D eigenvalue weighted by Crippen LogP contribution is -2.51. The molecule has 0 saturated carbocycles. The molecule has 0 aromatic heterocycles. The molecule has 2 aliphatic heterocycles. The minimum absolute atomic E-state index is 0.0101. The fourth-order valence-electron chi connectivity index (χ4n) is 3.80. The van der Waals surface area contributed by atoms with E-state index in [0.29, 0.717) is 25.9 Å². The van der Waals surface area contributed by atoms with Crippen molar-refractivity contribution in [3.05, 3.63) is 60.2 Å². The molecule has 0 radical (unpaired) electrons. The van der Waals surface area contributed by atoms with Crippen LogP contribution in [0.25, 0.3) is 0 Å². The first-order valence-electron chi connectivity index (χ1n) is 10.2. The number of methoxy groups -OCH3 is 1. The number of amides is 2. The van der Waals surface area contributed by atoms with E-state index in [4.69, 9.17) is 4.74 Å². The molecule has 0 aliphatic carbocycles. The van der Waals surface area contributed by atoms with Gasteiger partial charge >= 0.3 is 0 Å². The van der Waals surface area contributed by atoms with E-state index in [0.717, 1.165) is 30.1 Å². The van der Waals surface area contributed by atoms with Gasteiger partial charge in [0.05, 0.1) is 12.8 Å². The highest BCUT2D eigenvalue weighted by atomic mass is 16.5. The summed E-state index contributed by atoms with van der Waals surface area (Å²) < 4.78 is 5.19. The van der Waals surface area contributed by atoms with Crippen LogP contribution in [0.2, 0.25) is 0 Å². The topological polar surface area (TPSA) is 65.5 Å². The Bertz CT molecular complexity index is 919. The third-order valence-corrected chi connectivity index (χ3v) is 5.57. The smallest absolute Gasteiger partial charge is 0.244 e. The first kappa shape index (κ1) is 19.9. The number of hydrogen-bond donors (Lipinski definition) is 0. The van der Waals surface area contributed by atoms with E-state index in [-0.39, 0.29) is 18.4 Å². The van der Waals surface area contributed by atoms with Crippen molar-refractivity contribution in [1.82, 2.24) is 9.91 Å². The van der Waals surface area contributed by atoms with Crippen molar-refractivity contribution in [3.63, 3.8) is 0 Å². The Hall–Kier alpha value is -3.35. The predicted molar refractivity (Wildman–Crippen MR) is 116 cm³/mol. The second-order valence-corrected chi connectivity index (χ2v) is 7.43. The minimum atomic E-state index is -0.108. The van der Waals surface area contributed by atoms with E-state index in [1.165, 1.54) is 10.7 Å². The zero-order chi connectivity index (χ0) is 20.9. The van der Waals surface area contributed by atoms with Gasteiger partial charge < -0.3 is 14.5 Å². The van der Waals surface area contributed by atoms with Gasteiger partial charge in [0.15, 0.2) is 0 Å². The number of hydrogen-bond acceptors (Lipinski definition) is 5. The van der Waals surface area contributed by atoms with Gasteiger partial charge in [-0.1, -0.05) is 18.2 Å². The Morgan fingerprint density at radius 1 is 0.967 bits per heavy atom. The lowest BCUT2D eigenvalue weighted by molar-refractivity contribution is -0.141. The van der Waals surface area contributed by atoms with E-state index in [9.17, 15) is 9.59 Å². The monoisotopic (exact) mass is 406 g/mol. The lowest BCUT2D eigenvalue weighted by atomic mass is 10.0. The molecular formula is C23H26N4O3. The van der Waals surface area contributed by atoms with Gasteiger partial charge in [-0.15, -0.1) is 0 Å². The molecule has 0 N–H and O–H groups in total. The molecule has 30 heavy (non-hydrogen) atoms. The number of carbonyl (C=O) groups is 2. The van der Waals surface area contributed by atoms with Crippen LogP contribution in [0, 0.1) is 0 Å². The van der Waals surface area contributed by atoms with Crippen molar-refractivity contribution < 1.29 is 14.3 Å². The molecule has 156 valence electrons. The Kier molecular flexibility index (Phi) is 5.97. The summed E-state index contributed by atoms with van der Waals surface area (Å²) in [6.07, 6.45) is 0.936. The maximum absolute atomic E-state index is 12.8. The van der Waals surface area contributed by atoms with Gasteiger partial charge in [-0.05, 0) is 42.0 Å². The molecule has 7 heteroatoms. The molecule has 2 amide bonds. The van der Waals surface area contributed by atoms with E-state index >= 15 is 0 Å². The van der Waals surface area contributed by atoms with Crippen molar-refractivity contribution in [1.29, 1.82) is 0 Å². The molecule has 4 rings (SSSR count). The standard InChI is InChI=1S/C23H26N4O3/c1-30-20-9-7-18(8-10-20)21-11-12-22(28)27(24-21)17-23(29)26-15-13-25(14-16-26)19-5-3-2-4-6-19/h2-10H,11-17H2,1H3.